The third kappa shape index (κ3) is 4.40. The van der Waals surface area contributed by atoms with Gasteiger partial charge in [-0.1, -0.05) is 6.07 Å². The number of piperazine rings is 1. The third-order valence-electron chi connectivity index (χ3n) is 5.07. The van der Waals surface area contributed by atoms with Crippen LogP contribution in [-0.4, -0.2) is 58.6 Å². The van der Waals surface area contributed by atoms with Gasteiger partial charge < -0.3 is 10.2 Å². The van der Waals surface area contributed by atoms with Crippen molar-refractivity contribution in [3.8, 4) is 0 Å². The lowest BCUT2D eigenvalue weighted by molar-refractivity contribution is 0.126. The van der Waals surface area contributed by atoms with E-state index in [-0.39, 0.29) is 0 Å². The van der Waals surface area contributed by atoms with Gasteiger partial charge in [0.1, 0.15) is 0 Å². The smallest absolute Gasteiger partial charge is 0.173 e. The summed E-state index contributed by atoms with van der Waals surface area (Å²) in [6, 6.07) is 7.25. The third-order valence-corrected chi connectivity index (χ3v) is 6.48. The molecule has 2 aliphatic heterocycles. The summed E-state index contributed by atoms with van der Waals surface area (Å²) in [6.07, 6.45) is 2.71. The number of thiocarbonyl (C=S) groups is 1. The van der Waals surface area contributed by atoms with E-state index in [1.54, 1.807) is 0 Å². The van der Waals surface area contributed by atoms with E-state index in [2.05, 4.69) is 58.9 Å². The molecular formula is C18H27N3S2. The van der Waals surface area contributed by atoms with Gasteiger partial charge in [-0.25, -0.2) is 0 Å². The first-order valence-corrected chi connectivity index (χ1v) is 10.1. The zero-order chi connectivity index (χ0) is 16.2. The van der Waals surface area contributed by atoms with E-state index in [1.165, 1.54) is 35.5 Å². The van der Waals surface area contributed by atoms with Crippen LogP contribution in [0.2, 0.25) is 0 Å². The van der Waals surface area contributed by atoms with Crippen molar-refractivity contribution in [1.82, 2.24) is 9.80 Å². The fraction of sp³-hybridized carbons (Fsp3) is 0.611. The molecule has 0 saturated carbocycles. The molecule has 0 amide bonds. The summed E-state index contributed by atoms with van der Waals surface area (Å²) >= 11 is 7.72. The average Bonchev–Trinajstić information content (AvgIpc) is 2.59. The molecule has 0 spiro atoms. The van der Waals surface area contributed by atoms with Gasteiger partial charge in [-0.3, -0.25) is 4.90 Å². The molecule has 0 radical (unpaired) electrons. The van der Waals surface area contributed by atoms with Crippen molar-refractivity contribution in [2.24, 2.45) is 0 Å². The van der Waals surface area contributed by atoms with Crippen LogP contribution in [0.15, 0.2) is 18.2 Å². The molecule has 23 heavy (non-hydrogen) atoms. The number of thioether (sulfide) groups is 1. The minimum absolute atomic E-state index is 0.805. The number of benzene rings is 1. The molecule has 0 bridgehead atoms. The Labute approximate surface area is 149 Å². The molecule has 0 aromatic heterocycles. The van der Waals surface area contributed by atoms with Gasteiger partial charge in [0.05, 0.1) is 0 Å². The number of nitrogens with zero attached hydrogens (tertiary/aromatic N) is 2. The summed E-state index contributed by atoms with van der Waals surface area (Å²) in [5.41, 5.74) is 3.73. The second-order valence-corrected chi connectivity index (χ2v) is 8.21. The summed E-state index contributed by atoms with van der Waals surface area (Å²) in [6.45, 7) is 8.65. The molecule has 1 N–H and O–H groups in total. The highest BCUT2D eigenvalue weighted by Crippen LogP contribution is 2.23. The molecular weight excluding hydrogens is 322 g/mol. The monoisotopic (exact) mass is 349 g/mol. The van der Waals surface area contributed by atoms with Gasteiger partial charge in [-0.2, -0.15) is 11.8 Å². The maximum atomic E-state index is 5.62. The highest BCUT2D eigenvalue weighted by molar-refractivity contribution is 7.99. The molecule has 2 heterocycles. The highest BCUT2D eigenvalue weighted by Gasteiger charge is 2.26. The summed E-state index contributed by atoms with van der Waals surface area (Å²) in [4.78, 5) is 4.99. The van der Waals surface area contributed by atoms with E-state index < -0.39 is 0 Å². The van der Waals surface area contributed by atoms with Crippen molar-refractivity contribution in [3.05, 3.63) is 29.3 Å². The van der Waals surface area contributed by atoms with Crippen LogP contribution in [-0.2, 0) is 0 Å². The SMILES string of the molecule is Cc1ccc(NC(=S)N2CCN(C3CCSCC3)CC2)cc1C. The number of anilines is 1. The lowest BCUT2D eigenvalue weighted by Gasteiger charge is -2.41. The molecule has 1 aromatic carbocycles. The quantitative estimate of drug-likeness (QED) is 0.821. The van der Waals surface area contributed by atoms with Crippen LogP contribution in [0.3, 0.4) is 0 Å². The first-order valence-electron chi connectivity index (χ1n) is 8.58. The van der Waals surface area contributed by atoms with Crippen LogP contribution in [0.5, 0.6) is 0 Å². The molecule has 3 rings (SSSR count). The molecule has 126 valence electrons. The van der Waals surface area contributed by atoms with Crippen LogP contribution in [0.25, 0.3) is 0 Å². The first-order chi connectivity index (χ1) is 11.1. The molecule has 3 nitrogen and oxygen atoms in total. The Morgan fingerprint density at radius 1 is 1.09 bits per heavy atom. The zero-order valence-corrected chi connectivity index (χ0v) is 15.8. The van der Waals surface area contributed by atoms with Crippen molar-refractivity contribution in [1.29, 1.82) is 0 Å². The first kappa shape index (κ1) is 17.1. The number of aryl methyl sites for hydroxylation is 2. The van der Waals surface area contributed by atoms with Crippen LogP contribution in [0.4, 0.5) is 5.69 Å². The zero-order valence-electron chi connectivity index (χ0n) is 14.2. The van der Waals surface area contributed by atoms with E-state index in [4.69, 9.17) is 12.2 Å². The van der Waals surface area contributed by atoms with Gasteiger partial charge in [0.2, 0.25) is 0 Å². The lowest BCUT2D eigenvalue weighted by Crippen LogP contribution is -2.53. The molecule has 2 saturated heterocycles. The molecule has 0 atom stereocenters. The Hall–Kier alpha value is -0.780. The molecule has 5 heteroatoms. The minimum atomic E-state index is 0.805. The summed E-state index contributed by atoms with van der Waals surface area (Å²) in [5.74, 6) is 2.66. The van der Waals surface area contributed by atoms with Gasteiger partial charge in [0.25, 0.3) is 0 Å². The maximum Gasteiger partial charge on any atom is 0.173 e. The Morgan fingerprint density at radius 2 is 1.78 bits per heavy atom. The van der Waals surface area contributed by atoms with Gasteiger partial charge in [-0.05, 0) is 73.7 Å². The summed E-state index contributed by atoms with van der Waals surface area (Å²) < 4.78 is 0. The summed E-state index contributed by atoms with van der Waals surface area (Å²) in [7, 11) is 0. The Morgan fingerprint density at radius 3 is 2.43 bits per heavy atom. The Bertz CT molecular complexity index is 547. The standard InChI is InChI=1S/C18H27N3S2/c1-14-3-4-16(13-15(14)2)19-18(22)21-9-7-20(8-10-21)17-5-11-23-12-6-17/h3-4,13,17H,5-12H2,1-2H3,(H,19,22). The Balaban J connectivity index is 1.50. The van der Waals surface area contributed by atoms with Gasteiger partial charge in [-0.15, -0.1) is 0 Å². The van der Waals surface area contributed by atoms with E-state index >= 15 is 0 Å². The van der Waals surface area contributed by atoms with Crippen LogP contribution >= 0.6 is 24.0 Å². The molecule has 1 aromatic rings. The number of hydrogen-bond donors (Lipinski definition) is 1. The number of hydrogen-bond acceptors (Lipinski definition) is 3. The summed E-state index contributed by atoms with van der Waals surface area (Å²) in [5, 5.41) is 4.28. The van der Waals surface area contributed by atoms with E-state index in [1.807, 2.05) is 0 Å². The second-order valence-electron chi connectivity index (χ2n) is 6.60. The number of rotatable bonds is 2. The normalized spacial score (nSPS) is 20.5. The van der Waals surface area contributed by atoms with E-state index in [9.17, 15) is 0 Å². The van der Waals surface area contributed by atoms with Gasteiger partial charge in [0.15, 0.2) is 5.11 Å². The molecule has 2 aliphatic rings. The predicted octanol–water partition coefficient (Wildman–Crippen LogP) is 3.51. The lowest BCUT2D eigenvalue weighted by atomic mass is 10.1. The van der Waals surface area contributed by atoms with E-state index in [0.29, 0.717) is 0 Å². The van der Waals surface area contributed by atoms with E-state index in [0.717, 1.165) is 43.0 Å². The van der Waals surface area contributed by atoms with Crippen molar-refractivity contribution < 1.29 is 0 Å². The number of nitrogens with one attached hydrogen (secondary N) is 1. The van der Waals surface area contributed by atoms with Crippen LogP contribution < -0.4 is 5.32 Å². The fourth-order valence-corrected chi connectivity index (χ4v) is 4.74. The predicted molar refractivity (Wildman–Crippen MR) is 106 cm³/mol. The van der Waals surface area contributed by atoms with Gasteiger partial charge >= 0.3 is 0 Å². The fourth-order valence-electron chi connectivity index (χ4n) is 3.36. The van der Waals surface area contributed by atoms with Crippen molar-refractivity contribution in [3.63, 3.8) is 0 Å². The minimum Gasteiger partial charge on any atom is -0.346 e. The van der Waals surface area contributed by atoms with Crippen LogP contribution in [0, 0.1) is 13.8 Å². The highest BCUT2D eigenvalue weighted by atomic mass is 32.2. The van der Waals surface area contributed by atoms with Gasteiger partial charge in [0, 0.05) is 37.9 Å². The molecule has 2 fully saturated rings. The maximum absolute atomic E-state index is 5.62. The largest absolute Gasteiger partial charge is 0.346 e. The average molecular weight is 350 g/mol. The molecule has 0 unspecified atom stereocenters. The second kappa shape index (κ2) is 7.86. The Kier molecular flexibility index (Phi) is 5.83. The molecule has 0 aliphatic carbocycles. The van der Waals surface area contributed by atoms with Crippen molar-refractivity contribution in [2.45, 2.75) is 32.7 Å². The topological polar surface area (TPSA) is 18.5 Å². The van der Waals surface area contributed by atoms with Crippen molar-refractivity contribution >= 4 is 34.8 Å². The van der Waals surface area contributed by atoms with Crippen molar-refractivity contribution in [2.75, 3.05) is 43.0 Å². The van der Waals surface area contributed by atoms with Crippen LogP contribution in [0.1, 0.15) is 24.0 Å².